The van der Waals surface area contributed by atoms with Crippen molar-refractivity contribution in [3.63, 3.8) is 0 Å². The van der Waals surface area contributed by atoms with Gasteiger partial charge in [0.25, 0.3) is 0 Å². The number of imidazole rings is 1. The quantitative estimate of drug-likeness (QED) is 0.255. The van der Waals surface area contributed by atoms with E-state index in [1.165, 1.54) is 11.2 Å². The van der Waals surface area contributed by atoms with Crippen molar-refractivity contribution in [3.8, 4) is 0 Å². The molecule has 0 amide bonds. The summed E-state index contributed by atoms with van der Waals surface area (Å²) in [6.45, 7) is 4.71. The summed E-state index contributed by atoms with van der Waals surface area (Å²) in [6.07, 6.45) is 3.08. The zero-order valence-corrected chi connectivity index (χ0v) is 18.8. The van der Waals surface area contributed by atoms with Crippen LogP contribution in [0.4, 0.5) is 0 Å². The largest absolute Gasteiger partial charge is 0.356 e. The first-order valence-corrected chi connectivity index (χ1v) is 9.04. The predicted octanol–water partition coefficient (Wildman–Crippen LogP) is 3.40. The van der Waals surface area contributed by atoms with Gasteiger partial charge in [-0.25, -0.2) is 4.98 Å². The molecule has 0 aliphatic rings. The molecule has 0 spiro atoms. The molecule has 0 aliphatic heterocycles. The Labute approximate surface area is 178 Å². The fourth-order valence-electron chi connectivity index (χ4n) is 3.28. The molecule has 2 heterocycles. The number of aliphatic imine (C=N–C) groups is 1. The molecule has 0 atom stereocenters. The Balaban J connectivity index is 0.00000261. The van der Waals surface area contributed by atoms with Crippen LogP contribution >= 0.6 is 24.0 Å². The van der Waals surface area contributed by atoms with Gasteiger partial charge < -0.3 is 19.4 Å². The summed E-state index contributed by atoms with van der Waals surface area (Å²) in [5, 5.41) is 3.46. The Hall–Kier alpha value is -2.03. The number of para-hydroxylation sites is 2. The molecule has 27 heavy (non-hydrogen) atoms. The number of hydrogen-bond donors (Lipinski definition) is 1. The van der Waals surface area contributed by atoms with E-state index >= 15 is 0 Å². The second-order valence-corrected chi connectivity index (χ2v) is 6.59. The predicted molar refractivity (Wildman–Crippen MR) is 123 cm³/mol. The maximum Gasteiger partial charge on any atom is 0.193 e. The van der Waals surface area contributed by atoms with E-state index < -0.39 is 0 Å². The van der Waals surface area contributed by atoms with Crippen LogP contribution in [0, 0.1) is 6.92 Å². The monoisotopic (exact) mass is 480 g/mol. The minimum Gasteiger partial charge on any atom is -0.356 e. The highest BCUT2D eigenvalue weighted by molar-refractivity contribution is 14.0. The Bertz CT molecular complexity index is 895. The summed E-state index contributed by atoms with van der Waals surface area (Å²) in [7, 11) is 5.96. The molecule has 0 saturated carbocycles. The average molecular weight is 480 g/mol. The molecular weight excluding hydrogens is 451 g/mol. The van der Waals surface area contributed by atoms with Crippen molar-refractivity contribution in [3.05, 3.63) is 54.1 Å². The van der Waals surface area contributed by atoms with Gasteiger partial charge in [-0.05, 0) is 37.6 Å². The molecule has 0 bridgehead atoms. The third kappa shape index (κ3) is 5.03. The first-order valence-electron chi connectivity index (χ1n) is 9.04. The zero-order valence-electron chi connectivity index (χ0n) is 16.5. The lowest BCUT2D eigenvalue weighted by Gasteiger charge is -2.22. The molecule has 0 radical (unpaired) electrons. The van der Waals surface area contributed by atoms with E-state index in [1.807, 2.05) is 13.1 Å². The van der Waals surface area contributed by atoms with E-state index in [4.69, 9.17) is 0 Å². The zero-order chi connectivity index (χ0) is 18.5. The van der Waals surface area contributed by atoms with Gasteiger partial charge in [0.1, 0.15) is 5.82 Å². The van der Waals surface area contributed by atoms with Gasteiger partial charge in [0.05, 0.1) is 17.6 Å². The molecule has 0 unspecified atom stereocenters. The van der Waals surface area contributed by atoms with Gasteiger partial charge in [0.2, 0.25) is 0 Å². The number of rotatable bonds is 6. The van der Waals surface area contributed by atoms with Crippen molar-refractivity contribution in [1.82, 2.24) is 24.3 Å². The number of hydrogen-bond acceptors (Lipinski definition) is 2. The molecule has 2 aromatic heterocycles. The molecule has 1 aromatic carbocycles. The molecule has 7 heteroatoms. The normalized spacial score (nSPS) is 11.5. The van der Waals surface area contributed by atoms with Gasteiger partial charge in [-0.15, -0.1) is 24.0 Å². The lowest BCUT2D eigenvalue weighted by Crippen LogP contribution is -2.39. The van der Waals surface area contributed by atoms with Gasteiger partial charge in [-0.1, -0.05) is 12.1 Å². The Kier molecular flexibility index (Phi) is 7.70. The Morgan fingerprint density at radius 1 is 1.22 bits per heavy atom. The number of nitrogens with zero attached hydrogens (tertiary/aromatic N) is 5. The fraction of sp³-hybridized carbons (Fsp3) is 0.400. The minimum absolute atomic E-state index is 0. The first kappa shape index (κ1) is 21.3. The second kappa shape index (κ2) is 9.77. The highest BCUT2D eigenvalue weighted by Crippen LogP contribution is 2.15. The highest BCUT2D eigenvalue weighted by Gasteiger charge is 2.09. The molecule has 6 nitrogen and oxygen atoms in total. The van der Waals surface area contributed by atoms with Gasteiger partial charge in [-0.3, -0.25) is 4.99 Å². The third-order valence-electron chi connectivity index (χ3n) is 4.71. The van der Waals surface area contributed by atoms with Crippen molar-refractivity contribution in [2.24, 2.45) is 12.0 Å². The standard InChI is InChI=1S/C20H28N6.HI/c1-16-23-18-10-5-6-11-19(18)26(16)14-8-12-22-20(21-2)25(4)15-17-9-7-13-24(17)3;/h5-7,9-11,13H,8,12,14-15H2,1-4H3,(H,21,22);1H. The smallest absolute Gasteiger partial charge is 0.193 e. The number of fused-ring (bicyclic) bond motifs is 1. The molecule has 3 aromatic rings. The number of nitrogens with one attached hydrogen (secondary N) is 1. The first-order chi connectivity index (χ1) is 12.6. The molecule has 1 N–H and O–H groups in total. The second-order valence-electron chi connectivity index (χ2n) is 6.59. The van der Waals surface area contributed by atoms with Gasteiger partial charge in [-0.2, -0.15) is 0 Å². The van der Waals surface area contributed by atoms with Crippen LogP contribution in [0.1, 0.15) is 17.9 Å². The van der Waals surface area contributed by atoms with Gasteiger partial charge in [0, 0.05) is 46.1 Å². The van der Waals surface area contributed by atoms with Crippen LogP contribution < -0.4 is 5.32 Å². The average Bonchev–Trinajstić information content (AvgIpc) is 3.17. The lowest BCUT2D eigenvalue weighted by molar-refractivity contribution is 0.459. The van der Waals surface area contributed by atoms with Crippen molar-refractivity contribution in [2.75, 3.05) is 20.6 Å². The molecule has 0 fully saturated rings. The van der Waals surface area contributed by atoms with E-state index in [-0.39, 0.29) is 24.0 Å². The molecule has 0 aliphatic carbocycles. The van der Waals surface area contributed by atoms with Crippen LogP contribution in [-0.4, -0.2) is 45.6 Å². The van der Waals surface area contributed by atoms with E-state index in [0.717, 1.165) is 43.4 Å². The molecule has 146 valence electrons. The highest BCUT2D eigenvalue weighted by atomic mass is 127. The third-order valence-corrected chi connectivity index (χ3v) is 4.71. The van der Waals surface area contributed by atoms with Crippen molar-refractivity contribution < 1.29 is 0 Å². The number of aryl methyl sites for hydroxylation is 3. The minimum atomic E-state index is 0. The van der Waals surface area contributed by atoms with Crippen LogP contribution in [0.15, 0.2) is 47.6 Å². The Morgan fingerprint density at radius 3 is 2.70 bits per heavy atom. The summed E-state index contributed by atoms with van der Waals surface area (Å²) in [5.74, 6) is 1.98. The van der Waals surface area contributed by atoms with Crippen LogP contribution in [0.2, 0.25) is 0 Å². The topological polar surface area (TPSA) is 50.4 Å². The summed E-state index contributed by atoms with van der Waals surface area (Å²) in [5.41, 5.74) is 3.53. The van der Waals surface area contributed by atoms with Gasteiger partial charge in [0.15, 0.2) is 5.96 Å². The van der Waals surface area contributed by atoms with E-state index in [1.54, 1.807) is 0 Å². The number of aromatic nitrogens is 3. The van der Waals surface area contributed by atoms with Crippen LogP contribution in [0.25, 0.3) is 11.0 Å². The van der Waals surface area contributed by atoms with Crippen molar-refractivity contribution >= 4 is 41.0 Å². The van der Waals surface area contributed by atoms with E-state index in [9.17, 15) is 0 Å². The summed E-state index contributed by atoms with van der Waals surface area (Å²) in [6, 6.07) is 12.5. The van der Waals surface area contributed by atoms with Crippen LogP contribution in [-0.2, 0) is 20.1 Å². The maximum atomic E-state index is 4.63. The lowest BCUT2D eigenvalue weighted by atomic mass is 10.3. The van der Waals surface area contributed by atoms with Gasteiger partial charge >= 0.3 is 0 Å². The summed E-state index contributed by atoms with van der Waals surface area (Å²) in [4.78, 5) is 11.2. The van der Waals surface area contributed by atoms with Crippen molar-refractivity contribution in [2.45, 2.75) is 26.4 Å². The summed E-state index contributed by atoms with van der Waals surface area (Å²) < 4.78 is 4.42. The maximum absolute atomic E-state index is 4.63. The fourth-order valence-corrected chi connectivity index (χ4v) is 3.28. The Morgan fingerprint density at radius 2 is 2.00 bits per heavy atom. The van der Waals surface area contributed by atoms with E-state index in [2.05, 4.69) is 86.9 Å². The SMILES string of the molecule is CN=C(NCCCn1c(C)nc2ccccc21)N(C)Cc1cccn1C.I. The number of guanidine groups is 1. The van der Waals surface area contributed by atoms with Crippen molar-refractivity contribution in [1.29, 1.82) is 0 Å². The number of halogens is 1. The van der Waals surface area contributed by atoms with E-state index in [0.29, 0.717) is 0 Å². The number of benzene rings is 1. The van der Waals surface area contributed by atoms with Crippen LogP contribution in [0.5, 0.6) is 0 Å². The molecule has 3 rings (SSSR count). The molecular formula is C20H29IN6. The van der Waals surface area contributed by atoms with Crippen LogP contribution in [0.3, 0.4) is 0 Å². The molecule has 0 saturated heterocycles. The summed E-state index contributed by atoms with van der Waals surface area (Å²) >= 11 is 0.